The number of carbonyl (C=O) groups is 1. The van der Waals surface area contributed by atoms with Crippen molar-refractivity contribution >= 4 is 23.0 Å². The molecule has 2 aromatic carbocycles. The van der Waals surface area contributed by atoms with Gasteiger partial charge in [-0.05, 0) is 37.5 Å². The number of hydrogen-bond acceptors (Lipinski definition) is 6. The highest BCUT2D eigenvalue weighted by Crippen LogP contribution is 2.43. The van der Waals surface area contributed by atoms with Crippen LogP contribution in [0, 0.1) is 5.41 Å². The molecule has 0 aliphatic carbocycles. The number of likely N-dealkylation sites (tertiary alicyclic amines) is 1. The number of piperidine rings is 1. The molecular formula is C24H27N3O4. The van der Waals surface area contributed by atoms with E-state index in [1.807, 2.05) is 47.4 Å². The Labute approximate surface area is 181 Å². The predicted octanol–water partition coefficient (Wildman–Crippen LogP) is 3.86. The number of hydrogen-bond donors (Lipinski definition) is 0. The lowest BCUT2D eigenvalue weighted by atomic mass is 9.78. The van der Waals surface area contributed by atoms with E-state index in [-0.39, 0.29) is 11.3 Å². The molecule has 7 heteroatoms. The van der Waals surface area contributed by atoms with Crippen molar-refractivity contribution in [2.75, 3.05) is 38.8 Å². The number of amides is 1. The molecule has 2 aliphatic heterocycles. The van der Waals surface area contributed by atoms with Crippen LogP contribution in [0.1, 0.15) is 24.8 Å². The topological polar surface area (TPSA) is 68.0 Å². The molecule has 2 aliphatic rings. The van der Waals surface area contributed by atoms with Crippen LogP contribution in [0.5, 0.6) is 11.5 Å². The van der Waals surface area contributed by atoms with Crippen LogP contribution in [0.15, 0.2) is 46.9 Å². The molecule has 31 heavy (non-hydrogen) atoms. The summed E-state index contributed by atoms with van der Waals surface area (Å²) in [5, 5.41) is 0. The number of aromatic nitrogens is 1. The van der Waals surface area contributed by atoms with Gasteiger partial charge in [0.05, 0.1) is 19.6 Å². The fraction of sp³-hybridized carbons (Fsp3) is 0.417. The van der Waals surface area contributed by atoms with Crippen molar-refractivity contribution in [3.63, 3.8) is 0 Å². The van der Waals surface area contributed by atoms with Crippen LogP contribution in [0.3, 0.4) is 0 Å². The third-order valence-electron chi connectivity index (χ3n) is 6.58. The summed E-state index contributed by atoms with van der Waals surface area (Å²) in [6, 6.07) is 14.2. The summed E-state index contributed by atoms with van der Waals surface area (Å²) in [5.74, 6) is 1.58. The molecule has 162 valence electrons. The zero-order valence-electron chi connectivity index (χ0n) is 18.0. The monoisotopic (exact) mass is 421 g/mol. The number of oxazole rings is 1. The first-order valence-corrected chi connectivity index (χ1v) is 10.7. The Morgan fingerprint density at radius 3 is 2.74 bits per heavy atom. The van der Waals surface area contributed by atoms with Crippen LogP contribution < -0.4 is 14.4 Å². The van der Waals surface area contributed by atoms with Crippen LogP contribution in [-0.4, -0.2) is 49.6 Å². The molecule has 5 rings (SSSR count). The number of para-hydroxylation sites is 3. The summed E-state index contributed by atoms with van der Waals surface area (Å²) in [6.07, 6.45) is 2.70. The van der Waals surface area contributed by atoms with Gasteiger partial charge in [-0.15, -0.1) is 0 Å². The first-order chi connectivity index (χ1) is 15.1. The van der Waals surface area contributed by atoms with E-state index >= 15 is 0 Å². The average molecular weight is 421 g/mol. The van der Waals surface area contributed by atoms with Gasteiger partial charge in [-0.1, -0.05) is 24.3 Å². The van der Waals surface area contributed by atoms with Crippen molar-refractivity contribution in [3.8, 4) is 11.5 Å². The van der Waals surface area contributed by atoms with Crippen molar-refractivity contribution in [2.45, 2.75) is 25.8 Å². The largest absolute Gasteiger partial charge is 0.493 e. The van der Waals surface area contributed by atoms with Crippen LogP contribution in [0.4, 0.5) is 6.01 Å². The fourth-order valence-corrected chi connectivity index (χ4v) is 5.00. The maximum atomic E-state index is 13.6. The zero-order valence-corrected chi connectivity index (χ0v) is 18.0. The van der Waals surface area contributed by atoms with Crippen LogP contribution in [0.2, 0.25) is 0 Å². The van der Waals surface area contributed by atoms with Gasteiger partial charge in [0.25, 0.3) is 6.01 Å². The third-order valence-corrected chi connectivity index (χ3v) is 6.58. The highest BCUT2D eigenvalue weighted by molar-refractivity contribution is 5.85. The van der Waals surface area contributed by atoms with Crippen LogP contribution in [-0.2, 0) is 11.3 Å². The van der Waals surface area contributed by atoms with Gasteiger partial charge in [-0.2, -0.15) is 4.98 Å². The minimum absolute atomic E-state index is 0.210. The zero-order chi connectivity index (χ0) is 21.4. The van der Waals surface area contributed by atoms with Gasteiger partial charge in [-0.25, -0.2) is 0 Å². The van der Waals surface area contributed by atoms with Crippen molar-refractivity contribution in [3.05, 3.63) is 48.0 Å². The second kappa shape index (κ2) is 7.80. The van der Waals surface area contributed by atoms with E-state index < -0.39 is 0 Å². The van der Waals surface area contributed by atoms with Gasteiger partial charge in [-0.3, -0.25) is 4.79 Å². The lowest BCUT2D eigenvalue weighted by Gasteiger charge is -2.39. The van der Waals surface area contributed by atoms with Gasteiger partial charge >= 0.3 is 0 Å². The minimum atomic E-state index is -0.384. The number of carbonyl (C=O) groups excluding carboxylic acids is 1. The predicted molar refractivity (Wildman–Crippen MR) is 117 cm³/mol. The average Bonchev–Trinajstić information content (AvgIpc) is 3.42. The first kappa shape index (κ1) is 19.7. The molecule has 2 fully saturated rings. The lowest BCUT2D eigenvalue weighted by molar-refractivity contribution is -0.145. The standard InChI is InChI=1S/C24H27N3O4/c1-29-20-10-5-7-17(21(20)30-2)15-26-13-6-11-24(22(26)28)12-14-27(16-24)23-25-18-8-3-4-9-19(18)31-23/h3-5,7-10H,6,11-16H2,1-2H3. The molecule has 2 saturated heterocycles. The van der Waals surface area contributed by atoms with E-state index in [0.29, 0.717) is 30.6 Å². The maximum Gasteiger partial charge on any atom is 0.298 e. The maximum absolute atomic E-state index is 13.6. The van der Waals surface area contributed by atoms with Crippen LogP contribution >= 0.6 is 0 Å². The number of fused-ring (bicyclic) bond motifs is 1. The Hall–Kier alpha value is -3.22. The first-order valence-electron chi connectivity index (χ1n) is 10.7. The van der Waals surface area contributed by atoms with E-state index in [0.717, 1.165) is 49.0 Å². The van der Waals surface area contributed by atoms with Gasteiger partial charge in [0, 0.05) is 31.7 Å². The summed E-state index contributed by atoms with van der Waals surface area (Å²) in [5.41, 5.74) is 2.20. The van der Waals surface area contributed by atoms with Gasteiger partial charge in [0.2, 0.25) is 5.91 Å². The minimum Gasteiger partial charge on any atom is -0.493 e. The molecular weight excluding hydrogens is 394 g/mol. The molecule has 1 unspecified atom stereocenters. The molecule has 3 aromatic rings. The molecule has 1 atom stereocenters. The van der Waals surface area contributed by atoms with E-state index in [1.165, 1.54) is 0 Å². The Kier molecular flexibility index (Phi) is 4.96. The Bertz CT molecular complexity index is 1080. The fourth-order valence-electron chi connectivity index (χ4n) is 5.00. The molecule has 1 aromatic heterocycles. The van der Waals surface area contributed by atoms with E-state index in [2.05, 4.69) is 9.88 Å². The normalized spacial score (nSPS) is 21.3. The van der Waals surface area contributed by atoms with E-state index in [1.54, 1.807) is 14.2 Å². The van der Waals surface area contributed by atoms with Crippen molar-refractivity contribution in [1.82, 2.24) is 9.88 Å². The summed E-state index contributed by atoms with van der Waals surface area (Å²) < 4.78 is 17.0. The Morgan fingerprint density at radius 2 is 1.94 bits per heavy atom. The smallest absolute Gasteiger partial charge is 0.298 e. The molecule has 0 bridgehead atoms. The summed E-state index contributed by atoms with van der Waals surface area (Å²) in [4.78, 5) is 22.4. The van der Waals surface area contributed by atoms with Gasteiger partial charge in [0.1, 0.15) is 5.52 Å². The quantitative estimate of drug-likeness (QED) is 0.623. The van der Waals surface area contributed by atoms with Crippen molar-refractivity contribution in [2.24, 2.45) is 5.41 Å². The highest BCUT2D eigenvalue weighted by atomic mass is 16.5. The number of methoxy groups -OCH3 is 2. The van der Waals surface area contributed by atoms with Crippen molar-refractivity contribution in [1.29, 1.82) is 0 Å². The van der Waals surface area contributed by atoms with Crippen LogP contribution in [0.25, 0.3) is 11.1 Å². The number of ether oxygens (including phenoxy) is 2. The van der Waals surface area contributed by atoms with Gasteiger partial charge in [0.15, 0.2) is 17.1 Å². The Balaban J connectivity index is 1.36. The highest BCUT2D eigenvalue weighted by Gasteiger charge is 2.49. The second-order valence-electron chi connectivity index (χ2n) is 8.40. The lowest BCUT2D eigenvalue weighted by Crippen LogP contribution is -2.49. The second-order valence-corrected chi connectivity index (χ2v) is 8.40. The summed E-state index contributed by atoms with van der Waals surface area (Å²) >= 11 is 0. The molecule has 1 amide bonds. The summed E-state index contributed by atoms with van der Waals surface area (Å²) in [6.45, 7) is 2.69. The van der Waals surface area contributed by atoms with E-state index in [9.17, 15) is 4.79 Å². The SMILES string of the molecule is COc1cccc(CN2CCCC3(CCN(c4nc5ccccc5o4)C3)C2=O)c1OC. The molecule has 0 saturated carbocycles. The molecule has 3 heterocycles. The van der Waals surface area contributed by atoms with E-state index in [4.69, 9.17) is 13.9 Å². The third kappa shape index (κ3) is 3.38. The number of nitrogens with zero attached hydrogens (tertiary/aromatic N) is 3. The molecule has 0 radical (unpaired) electrons. The number of anilines is 1. The number of rotatable bonds is 5. The van der Waals surface area contributed by atoms with Crippen molar-refractivity contribution < 1.29 is 18.7 Å². The Morgan fingerprint density at radius 1 is 1.06 bits per heavy atom. The van der Waals surface area contributed by atoms with Gasteiger partial charge < -0.3 is 23.7 Å². The molecule has 1 spiro atoms. The summed E-state index contributed by atoms with van der Waals surface area (Å²) in [7, 11) is 3.26. The molecule has 0 N–H and O–H groups in total. The molecule has 7 nitrogen and oxygen atoms in total. The number of benzene rings is 2.